The molecule has 0 bridgehead atoms. The van der Waals surface area contributed by atoms with Crippen LogP contribution in [0.4, 0.5) is 0 Å². The summed E-state index contributed by atoms with van der Waals surface area (Å²) in [5.41, 5.74) is 3.93. The summed E-state index contributed by atoms with van der Waals surface area (Å²) in [6.45, 7) is 10.8. The highest BCUT2D eigenvalue weighted by Crippen LogP contribution is 2.34. The Hall–Kier alpha value is -2.91. The molecular weight excluding hydrogens is 450 g/mol. The molecule has 1 aromatic carbocycles. The lowest BCUT2D eigenvalue weighted by molar-refractivity contribution is -0.148. The number of aromatic nitrogens is 1. The highest BCUT2D eigenvalue weighted by atomic mass is 16.6. The Morgan fingerprint density at radius 2 is 1.94 bits per heavy atom. The van der Waals surface area contributed by atoms with Gasteiger partial charge in [-0.2, -0.15) is 5.26 Å². The summed E-state index contributed by atoms with van der Waals surface area (Å²) < 4.78 is 7.65. The van der Waals surface area contributed by atoms with Gasteiger partial charge in [-0.3, -0.25) is 14.5 Å². The predicted octanol–water partition coefficient (Wildman–Crippen LogP) is 5.77. The third-order valence-corrected chi connectivity index (χ3v) is 8.06. The summed E-state index contributed by atoms with van der Waals surface area (Å²) in [5, 5.41) is 9.22. The first kappa shape index (κ1) is 26.2. The maximum atomic E-state index is 13.6. The van der Waals surface area contributed by atoms with E-state index in [0.29, 0.717) is 24.2 Å². The Balaban J connectivity index is 1.58. The van der Waals surface area contributed by atoms with E-state index in [1.165, 1.54) is 0 Å². The molecule has 0 amide bonds. The van der Waals surface area contributed by atoms with E-state index in [1.807, 2.05) is 45.0 Å². The molecule has 2 aromatic rings. The number of rotatable bonds is 9. The maximum Gasteiger partial charge on any atom is 0.309 e. The van der Waals surface area contributed by atoms with Crippen molar-refractivity contribution in [1.82, 2.24) is 9.47 Å². The van der Waals surface area contributed by atoms with Crippen LogP contribution < -0.4 is 0 Å². The van der Waals surface area contributed by atoms with Crippen LogP contribution in [0.25, 0.3) is 5.69 Å². The lowest BCUT2D eigenvalue weighted by Gasteiger charge is -2.26. The van der Waals surface area contributed by atoms with Crippen molar-refractivity contribution in [2.75, 3.05) is 6.54 Å². The van der Waals surface area contributed by atoms with Gasteiger partial charge in [-0.15, -0.1) is 0 Å². The summed E-state index contributed by atoms with van der Waals surface area (Å²) in [4.78, 5) is 28.2. The zero-order chi connectivity index (χ0) is 26.0. The van der Waals surface area contributed by atoms with Crippen molar-refractivity contribution in [3.63, 3.8) is 0 Å². The van der Waals surface area contributed by atoms with Crippen molar-refractivity contribution < 1.29 is 14.3 Å². The minimum atomic E-state index is -0.385. The zero-order valence-electron chi connectivity index (χ0n) is 22.3. The SMILES string of the molecule is CCC1CCC(C)N1CC(=O)c1cc(CCCC2CC(C)(C)OC2=O)n(-c2ccc(C#N)cc2)c1C. The van der Waals surface area contributed by atoms with Gasteiger partial charge in [0.2, 0.25) is 0 Å². The number of esters is 1. The van der Waals surface area contributed by atoms with E-state index in [1.54, 1.807) is 0 Å². The summed E-state index contributed by atoms with van der Waals surface area (Å²) in [5.74, 6) is -0.00245. The third kappa shape index (κ3) is 5.42. The van der Waals surface area contributed by atoms with E-state index >= 15 is 0 Å². The Labute approximate surface area is 215 Å². The number of nitriles is 1. The Morgan fingerprint density at radius 1 is 1.22 bits per heavy atom. The minimum Gasteiger partial charge on any atom is -0.459 e. The van der Waals surface area contributed by atoms with Gasteiger partial charge in [-0.05, 0) is 103 Å². The van der Waals surface area contributed by atoms with Gasteiger partial charge in [0, 0.05) is 34.7 Å². The van der Waals surface area contributed by atoms with Crippen molar-refractivity contribution >= 4 is 11.8 Å². The first-order valence-corrected chi connectivity index (χ1v) is 13.4. The average molecular weight is 490 g/mol. The van der Waals surface area contributed by atoms with Crippen LogP contribution in [0.1, 0.15) is 93.5 Å². The minimum absolute atomic E-state index is 0.0665. The van der Waals surface area contributed by atoms with Crippen LogP contribution in [0.15, 0.2) is 30.3 Å². The summed E-state index contributed by atoms with van der Waals surface area (Å²) in [7, 11) is 0. The number of hydrogen-bond donors (Lipinski definition) is 0. The van der Waals surface area contributed by atoms with Crippen molar-refractivity contribution in [3.05, 3.63) is 52.8 Å². The molecule has 0 spiro atoms. The first-order valence-electron chi connectivity index (χ1n) is 13.4. The molecule has 3 unspecified atom stereocenters. The van der Waals surface area contributed by atoms with E-state index in [0.717, 1.165) is 67.6 Å². The van der Waals surface area contributed by atoms with Crippen molar-refractivity contribution in [2.24, 2.45) is 5.92 Å². The summed E-state index contributed by atoms with van der Waals surface area (Å²) in [6.07, 6.45) is 6.48. The first-order chi connectivity index (χ1) is 17.1. The fraction of sp³-hybridized carbons (Fsp3) is 0.567. The van der Waals surface area contributed by atoms with Crippen LogP contribution >= 0.6 is 0 Å². The number of carbonyl (C=O) groups is 2. The Morgan fingerprint density at radius 3 is 2.56 bits per heavy atom. The van der Waals surface area contributed by atoms with Gasteiger partial charge in [0.1, 0.15) is 5.60 Å². The molecule has 0 saturated carbocycles. The number of aryl methyl sites for hydroxylation is 1. The number of cyclic esters (lactones) is 1. The van der Waals surface area contributed by atoms with E-state index in [4.69, 9.17) is 4.74 Å². The highest BCUT2D eigenvalue weighted by Gasteiger charge is 2.39. The number of hydrogen-bond acceptors (Lipinski definition) is 5. The molecule has 0 radical (unpaired) electrons. The number of ether oxygens (including phenoxy) is 1. The van der Waals surface area contributed by atoms with Crippen LogP contribution in [0.2, 0.25) is 0 Å². The molecule has 0 N–H and O–H groups in total. The van der Waals surface area contributed by atoms with E-state index in [2.05, 4.69) is 35.5 Å². The summed E-state index contributed by atoms with van der Waals surface area (Å²) in [6, 6.07) is 12.6. The predicted molar refractivity (Wildman–Crippen MR) is 140 cm³/mol. The van der Waals surface area contributed by atoms with E-state index < -0.39 is 0 Å². The Kier molecular flexibility index (Phi) is 7.70. The zero-order valence-corrected chi connectivity index (χ0v) is 22.3. The molecule has 36 heavy (non-hydrogen) atoms. The number of ketones is 1. The lowest BCUT2D eigenvalue weighted by Crippen LogP contribution is -2.38. The van der Waals surface area contributed by atoms with Crippen molar-refractivity contribution in [1.29, 1.82) is 5.26 Å². The number of benzene rings is 1. The largest absolute Gasteiger partial charge is 0.459 e. The standard InChI is InChI=1S/C30H39N3O3/c1-6-24-13-10-20(2)32(24)19-28(34)27-16-26(9-7-8-23-17-30(4,5)36-29(23)35)33(21(27)3)25-14-11-22(18-31)12-15-25/h11-12,14-16,20,23-24H,6-10,13,17,19H2,1-5H3. The van der Waals surface area contributed by atoms with Crippen LogP contribution in [0, 0.1) is 24.2 Å². The second-order valence-corrected chi connectivity index (χ2v) is 11.2. The van der Waals surface area contributed by atoms with Gasteiger partial charge in [-0.25, -0.2) is 0 Å². The van der Waals surface area contributed by atoms with Crippen LogP contribution in [-0.2, 0) is 16.0 Å². The van der Waals surface area contributed by atoms with Crippen molar-refractivity contribution in [3.8, 4) is 11.8 Å². The van der Waals surface area contributed by atoms with Crippen LogP contribution in [0.5, 0.6) is 0 Å². The molecule has 6 heteroatoms. The lowest BCUT2D eigenvalue weighted by atomic mass is 9.93. The van der Waals surface area contributed by atoms with Crippen molar-refractivity contribution in [2.45, 2.75) is 97.2 Å². The average Bonchev–Trinajstić information content (AvgIpc) is 3.45. The molecule has 2 fully saturated rings. The number of carbonyl (C=O) groups excluding carboxylic acids is 2. The smallest absolute Gasteiger partial charge is 0.309 e. The second kappa shape index (κ2) is 10.6. The van der Waals surface area contributed by atoms with Gasteiger partial charge in [0.05, 0.1) is 24.1 Å². The molecule has 2 saturated heterocycles. The highest BCUT2D eigenvalue weighted by molar-refractivity contribution is 5.99. The van der Waals surface area contributed by atoms with Crippen LogP contribution in [-0.4, -0.2) is 45.4 Å². The molecule has 3 heterocycles. The monoisotopic (exact) mass is 489 g/mol. The summed E-state index contributed by atoms with van der Waals surface area (Å²) >= 11 is 0. The molecule has 0 aliphatic carbocycles. The molecule has 1 aromatic heterocycles. The molecule has 3 atom stereocenters. The van der Waals surface area contributed by atoms with Gasteiger partial charge < -0.3 is 9.30 Å². The maximum absolute atomic E-state index is 13.6. The topological polar surface area (TPSA) is 75.3 Å². The fourth-order valence-electron chi connectivity index (χ4n) is 6.11. The number of Topliss-reactive ketones (excluding diaryl/α,β-unsaturated/α-hetero) is 1. The van der Waals surface area contributed by atoms with Crippen LogP contribution in [0.3, 0.4) is 0 Å². The van der Waals surface area contributed by atoms with Gasteiger partial charge in [-0.1, -0.05) is 6.92 Å². The fourth-order valence-corrected chi connectivity index (χ4v) is 6.11. The molecule has 192 valence electrons. The third-order valence-electron chi connectivity index (χ3n) is 8.06. The number of likely N-dealkylation sites (tertiary alicyclic amines) is 1. The molecule has 2 aliphatic heterocycles. The second-order valence-electron chi connectivity index (χ2n) is 11.2. The van der Waals surface area contributed by atoms with E-state index in [9.17, 15) is 14.9 Å². The van der Waals surface area contributed by atoms with Gasteiger partial charge in [0.25, 0.3) is 0 Å². The molecule has 4 rings (SSSR count). The molecule has 6 nitrogen and oxygen atoms in total. The van der Waals surface area contributed by atoms with Gasteiger partial charge in [0.15, 0.2) is 5.78 Å². The molecular formula is C30H39N3O3. The van der Waals surface area contributed by atoms with E-state index in [-0.39, 0.29) is 23.3 Å². The quantitative estimate of drug-likeness (QED) is 0.330. The number of nitrogens with zero attached hydrogens (tertiary/aromatic N) is 3. The molecule has 2 aliphatic rings. The normalized spacial score (nSPS) is 23.6. The van der Waals surface area contributed by atoms with Gasteiger partial charge >= 0.3 is 5.97 Å². The Bertz CT molecular complexity index is 1160.